The molecule has 0 spiro atoms. The van der Waals surface area contributed by atoms with E-state index in [-0.39, 0.29) is 24.4 Å². The van der Waals surface area contributed by atoms with Crippen LogP contribution in [0.2, 0.25) is 0 Å². The highest BCUT2D eigenvalue weighted by Gasteiger charge is 2.52. The normalized spacial score (nSPS) is 23.6. The number of nitrogens with zero attached hydrogens (tertiary/aromatic N) is 2. The Kier molecular flexibility index (Phi) is 4.97. The van der Waals surface area contributed by atoms with Crippen LogP contribution in [0.3, 0.4) is 0 Å². The summed E-state index contributed by atoms with van der Waals surface area (Å²) in [6.07, 6.45) is 4.44. The van der Waals surface area contributed by atoms with E-state index in [0.29, 0.717) is 6.54 Å². The zero-order valence-corrected chi connectivity index (χ0v) is 17.9. The van der Waals surface area contributed by atoms with Crippen LogP contribution in [-0.2, 0) is 11.3 Å². The maximum absolute atomic E-state index is 13.2. The van der Waals surface area contributed by atoms with Gasteiger partial charge in [-0.15, -0.1) is 0 Å². The van der Waals surface area contributed by atoms with Crippen molar-refractivity contribution < 1.29 is 14.7 Å². The largest absolute Gasteiger partial charge is 0.389 e. The number of imide groups is 1. The zero-order valence-electron chi connectivity index (χ0n) is 17.9. The summed E-state index contributed by atoms with van der Waals surface area (Å²) in [6.45, 7) is 2.15. The third-order valence-corrected chi connectivity index (χ3v) is 7.19. The van der Waals surface area contributed by atoms with Crippen LogP contribution in [0.15, 0.2) is 48.5 Å². The molecule has 3 amide bonds. The van der Waals surface area contributed by atoms with Gasteiger partial charge in [-0.25, -0.2) is 4.79 Å². The lowest BCUT2D eigenvalue weighted by Crippen LogP contribution is -2.51. The molecule has 1 aliphatic carbocycles. The number of benzene rings is 2. The number of carbonyl (C=O) groups is 2. The lowest BCUT2D eigenvalue weighted by Gasteiger charge is -2.34. The summed E-state index contributed by atoms with van der Waals surface area (Å²) in [5.74, 6) is -0.0390. The van der Waals surface area contributed by atoms with Crippen LogP contribution in [0.1, 0.15) is 39.0 Å². The smallest absolute Gasteiger partial charge is 0.325 e. The molecule has 0 bridgehead atoms. The SMILES string of the molecule is C[C@@]1(C2CCCCC2)NC(=O)N(C[C@@H](O)Cn2c3ccccc3c3ccccc32)C1=O. The second kappa shape index (κ2) is 7.68. The van der Waals surface area contributed by atoms with Crippen LogP contribution in [-0.4, -0.2) is 44.7 Å². The molecule has 0 unspecified atom stereocenters. The minimum absolute atomic E-state index is 0.00614. The lowest BCUT2D eigenvalue weighted by atomic mass is 9.75. The number of aromatic nitrogens is 1. The summed E-state index contributed by atoms with van der Waals surface area (Å²) >= 11 is 0. The van der Waals surface area contributed by atoms with Crippen LogP contribution >= 0.6 is 0 Å². The molecule has 6 heteroatoms. The molecule has 2 fully saturated rings. The van der Waals surface area contributed by atoms with Crippen molar-refractivity contribution in [1.29, 1.82) is 0 Å². The van der Waals surface area contributed by atoms with E-state index in [1.54, 1.807) is 0 Å². The number of rotatable bonds is 5. The maximum atomic E-state index is 13.2. The van der Waals surface area contributed by atoms with Gasteiger partial charge in [-0.05, 0) is 37.8 Å². The Labute approximate surface area is 181 Å². The average molecular weight is 420 g/mol. The number of aliphatic hydroxyl groups excluding tert-OH is 1. The van der Waals surface area contributed by atoms with Gasteiger partial charge in [0, 0.05) is 21.8 Å². The van der Waals surface area contributed by atoms with E-state index in [2.05, 4.69) is 22.0 Å². The number of carbonyl (C=O) groups excluding carboxylic acids is 2. The molecule has 3 aromatic rings. The Morgan fingerprint density at radius 1 is 0.968 bits per heavy atom. The molecule has 2 aliphatic rings. The van der Waals surface area contributed by atoms with E-state index in [0.717, 1.165) is 47.5 Å². The molecule has 31 heavy (non-hydrogen) atoms. The molecule has 2 N–H and O–H groups in total. The molecule has 2 aromatic carbocycles. The molecule has 1 aliphatic heterocycles. The molecule has 162 valence electrons. The average Bonchev–Trinajstić information content (AvgIpc) is 3.22. The molecule has 2 atom stereocenters. The van der Waals surface area contributed by atoms with E-state index in [9.17, 15) is 14.7 Å². The highest BCUT2D eigenvalue weighted by atomic mass is 16.3. The molecule has 0 radical (unpaired) electrons. The standard InChI is InChI=1S/C25H29N3O3/c1-25(17-9-3-2-4-10-17)23(30)28(24(31)26-25)16-18(29)15-27-21-13-7-5-11-19(21)20-12-6-8-14-22(20)27/h5-8,11-14,17-18,29H,2-4,9-10,15-16H2,1H3,(H,26,31)/t18-,25-/m0/s1. The third kappa shape index (κ3) is 3.30. The first kappa shape index (κ1) is 20.1. The van der Waals surface area contributed by atoms with Crippen molar-refractivity contribution >= 4 is 33.7 Å². The highest BCUT2D eigenvalue weighted by molar-refractivity contribution is 6.08. The lowest BCUT2D eigenvalue weighted by molar-refractivity contribution is -0.134. The van der Waals surface area contributed by atoms with Crippen LogP contribution < -0.4 is 5.32 Å². The van der Waals surface area contributed by atoms with Gasteiger partial charge in [-0.3, -0.25) is 9.69 Å². The van der Waals surface area contributed by atoms with E-state index in [4.69, 9.17) is 0 Å². The number of nitrogens with one attached hydrogen (secondary N) is 1. The molecular weight excluding hydrogens is 390 g/mol. The molecule has 5 rings (SSSR count). The molecular formula is C25H29N3O3. The first-order valence-corrected chi connectivity index (χ1v) is 11.3. The molecule has 1 saturated carbocycles. The monoisotopic (exact) mass is 419 g/mol. The van der Waals surface area contributed by atoms with Gasteiger partial charge < -0.3 is 15.0 Å². The van der Waals surface area contributed by atoms with Crippen LogP contribution in [0.5, 0.6) is 0 Å². The maximum Gasteiger partial charge on any atom is 0.325 e. The highest BCUT2D eigenvalue weighted by Crippen LogP contribution is 2.36. The summed E-state index contributed by atoms with van der Waals surface area (Å²) in [5.41, 5.74) is 1.21. The van der Waals surface area contributed by atoms with Gasteiger partial charge in [-0.1, -0.05) is 55.7 Å². The van der Waals surface area contributed by atoms with E-state index < -0.39 is 11.6 Å². The molecule has 1 saturated heterocycles. The number of para-hydroxylation sites is 2. The predicted molar refractivity (Wildman–Crippen MR) is 121 cm³/mol. The minimum atomic E-state index is -0.859. The zero-order chi connectivity index (χ0) is 21.6. The summed E-state index contributed by atoms with van der Waals surface area (Å²) in [6, 6.07) is 15.8. The quantitative estimate of drug-likeness (QED) is 0.613. The number of urea groups is 1. The summed E-state index contributed by atoms with van der Waals surface area (Å²) < 4.78 is 2.08. The van der Waals surface area contributed by atoms with Gasteiger partial charge in [-0.2, -0.15) is 0 Å². The van der Waals surface area contributed by atoms with Gasteiger partial charge in [0.2, 0.25) is 0 Å². The summed E-state index contributed by atoms with van der Waals surface area (Å²) in [5, 5.41) is 16.1. The van der Waals surface area contributed by atoms with Gasteiger partial charge in [0.15, 0.2) is 0 Å². The van der Waals surface area contributed by atoms with Crippen molar-refractivity contribution in [2.24, 2.45) is 5.92 Å². The predicted octanol–water partition coefficient (Wildman–Crippen LogP) is 4.05. The Balaban J connectivity index is 1.38. The van der Waals surface area contributed by atoms with Crippen molar-refractivity contribution in [2.75, 3.05) is 6.54 Å². The van der Waals surface area contributed by atoms with Gasteiger partial charge in [0.25, 0.3) is 5.91 Å². The van der Waals surface area contributed by atoms with Crippen LogP contribution in [0.4, 0.5) is 4.79 Å². The van der Waals surface area contributed by atoms with Crippen LogP contribution in [0.25, 0.3) is 21.8 Å². The van der Waals surface area contributed by atoms with Gasteiger partial charge >= 0.3 is 6.03 Å². The fourth-order valence-electron chi connectivity index (χ4n) is 5.52. The number of hydrogen-bond donors (Lipinski definition) is 2. The number of β-amino-alcohol motifs (C(OH)–C–C–N with tert-alkyl or cyclic N) is 1. The fourth-order valence-corrected chi connectivity index (χ4v) is 5.52. The Morgan fingerprint density at radius 2 is 1.55 bits per heavy atom. The Bertz CT molecular complexity index is 1090. The van der Waals surface area contributed by atoms with Crippen molar-refractivity contribution in [3.63, 3.8) is 0 Å². The van der Waals surface area contributed by atoms with E-state index >= 15 is 0 Å². The fraction of sp³-hybridized carbons (Fsp3) is 0.440. The number of aliphatic hydroxyl groups is 1. The van der Waals surface area contributed by atoms with Crippen molar-refractivity contribution in [3.05, 3.63) is 48.5 Å². The van der Waals surface area contributed by atoms with Crippen molar-refractivity contribution in [3.8, 4) is 0 Å². The molecule has 6 nitrogen and oxygen atoms in total. The molecule has 2 heterocycles. The Morgan fingerprint density at radius 3 is 2.16 bits per heavy atom. The minimum Gasteiger partial charge on any atom is -0.389 e. The number of amides is 3. The summed E-state index contributed by atoms with van der Waals surface area (Å²) in [7, 11) is 0. The van der Waals surface area contributed by atoms with Gasteiger partial charge in [0.1, 0.15) is 5.54 Å². The topological polar surface area (TPSA) is 74.6 Å². The second-order valence-electron chi connectivity index (χ2n) is 9.18. The Hall–Kier alpha value is -2.86. The van der Waals surface area contributed by atoms with E-state index in [1.165, 1.54) is 11.3 Å². The second-order valence-corrected chi connectivity index (χ2v) is 9.18. The summed E-state index contributed by atoms with van der Waals surface area (Å²) in [4.78, 5) is 27.1. The molecule has 1 aromatic heterocycles. The van der Waals surface area contributed by atoms with Crippen molar-refractivity contribution in [1.82, 2.24) is 14.8 Å². The third-order valence-electron chi connectivity index (χ3n) is 7.19. The van der Waals surface area contributed by atoms with E-state index in [1.807, 2.05) is 43.3 Å². The first-order valence-electron chi connectivity index (χ1n) is 11.3. The number of hydrogen-bond acceptors (Lipinski definition) is 3. The first-order chi connectivity index (χ1) is 15.0. The van der Waals surface area contributed by atoms with Crippen LogP contribution in [0, 0.1) is 5.92 Å². The number of fused-ring (bicyclic) bond motifs is 3. The van der Waals surface area contributed by atoms with Gasteiger partial charge in [0.05, 0.1) is 19.2 Å². The van der Waals surface area contributed by atoms with Crippen molar-refractivity contribution in [2.45, 2.75) is 57.2 Å².